The third kappa shape index (κ3) is 5.61. The van der Waals surface area contributed by atoms with Crippen LogP contribution in [0.4, 0.5) is 5.88 Å². The number of halogens is 1. The highest BCUT2D eigenvalue weighted by Crippen LogP contribution is 2.24. The molecule has 0 spiro atoms. The number of hydrogen-bond donors (Lipinski definition) is 1. The number of carbonyl (C=O) groups excluding carboxylic acids is 1. The third-order valence-corrected chi connectivity index (χ3v) is 4.82. The lowest BCUT2D eigenvalue weighted by Crippen LogP contribution is -2.11. The fraction of sp³-hybridized carbons (Fsp3) is 0.211. The van der Waals surface area contributed by atoms with Gasteiger partial charge in [0, 0.05) is 40.7 Å². The number of benzene rings is 1. The second-order valence-electron chi connectivity index (χ2n) is 5.57. The smallest absolute Gasteiger partial charge is 0.231 e. The van der Waals surface area contributed by atoms with Gasteiger partial charge in [0.1, 0.15) is 5.69 Å². The molecule has 0 bridgehead atoms. The molecular formula is C19H18ClN3O2S. The summed E-state index contributed by atoms with van der Waals surface area (Å²) in [6.07, 6.45) is 3.11. The number of pyridine rings is 1. The summed E-state index contributed by atoms with van der Waals surface area (Å²) in [7, 11) is 0. The molecule has 2 heterocycles. The molecule has 0 saturated carbocycles. The Kier molecular flexibility index (Phi) is 6.68. The normalized spacial score (nSPS) is 10.7. The van der Waals surface area contributed by atoms with E-state index in [1.54, 1.807) is 36.2 Å². The minimum Gasteiger partial charge on any atom is -0.338 e. The predicted octanol–water partition coefficient (Wildman–Crippen LogP) is 4.69. The van der Waals surface area contributed by atoms with Crippen molar-refractivity contribution >= 4 is 35.2 Å². The van der Waals surface area contributed by atoms with Crippen LogP contribution in [0.1, 0.15) is 12.1 Å². The highest BCUT2D eigenvalue weighted by molar-refractivity contribution is 7.99. The van der Waals surface area contributed by atoms with Gasteiger partial charge in [-0.1, -0.05) is 35.0 Å². The second-order valence-corrected chi connectivity index (χ2v) is 7.23. The molecule has 0 radical (unpaired) electrons. The minimum atomic E-state index is -0.0934. The Labute approximate surface area is 161 Å². The molecule has 0 saturated heterocycles. The number of nitrogens with one attached hydrogen (secondary N) is 1. The Morgan fingerprint density at radius 3 is 2.88 bits per heavy atom. The first-order chi connectivity index (χ1) is 12.7. The molecule has 0 fully saturated rings. The van der Waals surface area contributed by atoms with Crippen LogP contribution in [0.15, 0.2) is 59.3 Å². The van der Waals surface area contributed by atoms with E-state index in [4.69, 9.17) is 16.1 Å². The Hall–Kier alpha value is -2.31. The number of hydrogen-bond acceptors (Lipinski definition) is 5. The average Bonchev–Trinajstić information content (AvgIpc) is 3.11. The molecule has 1 amide bonds. The first-order valence-electron chi connectivity index (χ1n) is 8.21. The molecule has 7 heteroatoms. The lowest BCUT2D eigenvalue weighted by molar-refractivity contribution is -0.115. The maximum Gasteiger partial charge on any atom is 0.231 e. The Bertz CT molecular complexity index is 855. The van der Waals surface area contributed by atoms with Gasteiger partial charge in [0.2, 0.25) is 11.8 Å². The van der Waals surface area contributed by atoms with Gasteiger partial charge in [-0.15, -0.1) is 0 Å². The fourth-order valence-corrected chi connectivity index (χ4v) is 3.39. The zero-order valence-electron chi connectivity index (χ0n) is 14.0. The summed E-state index contributed by atoms with van der Waals surface area (Å²) in [6, 6.07) is 14.9. The SMILES string of the molecule is O=C(CCSCCc1ccccn1)Nc1cc(-c2cccc(Cl)c2)no1. The van der Waals surface area contributed by atoms with Gasteiger partial charge in [0.25, 0.3) is 0 Å². The van der Waals surface area contributed by atoms with E-state index in [2.05, 4.69) is 15.5 Å². The molecule has 0 aliphatic carbocycles. The van der Waals surface area contributed by atoms with Crippen LogP contribution in [0, 0.1) is 0 Å². The van der Waals surface area contributed by atoms with Crippen LogP contribution in [0.2, 0.25) is 5.02 Å². The molecule has 134 valence electrons. The zero-order chi connectivity index (χ0) is 18.2. The average molecular weight is 388 g/mol. The van der Waals surface area contributed by atoms with Crippen LogP contribution in [-0.4, -0.2) is 27.6 Å². The molecular weight excluding hydrogens is 370 g/mol. The van der Waals surface area contributed by atoms with Crippen molar-refractivity contribution in [2.24, 2.45) is 0 Å². The molecule has 26 heavy (non-hydrogen) atoms. The van der Waals surface area contributed by atoms with Gasteiger partial charge in [-0.05, 0) is 36.4 Å². The van der Waals surface area contributed by atoms with Crippen LogP contribution in [0.25, 0.3) is 11.3 Å². The number of nitrogens with zero attached hydrogens (tertiary/aromatic N) is 2. The standard InChI is InChI=1S/C19H18ClN3O2S/c20-15-5-3-4-14(12-15)17-13-19(25-23-17)22-18(24)8-11-26-10-7-16-6-1-2-9-21-16/h1-6,9,12-13H,7-8,10-11H2,(H,22,24). The summed E-state index contributed by atoms with van der Waals surface area (Å²) in [5, 5.41) is 7.32. The second kappa shape index (κ2) is 9.40. The van der Waals surface area contributed by atoms with Crippen LogP contribution in [0.3, 0.4) is 0 Å². The van der Waals surface area contributed by atoms with Crippen LogP contribution in [-0.2, 0) is 11.2 Å². The van der Waals surface area contributed by atoms with Crippen molar-refractivity contribution in [1.82, 2.24) is 10.1 Å². The molecule has 0 aliphatic rings. The summed E-state index contributed by atoms with van der Waals surface area (Å²) in [5.74, 6) is 1.92. The van der Waals surface area contributed by atoms with Crippen molar-refractivity contribution in [1.29, 1.82) is 0 Å². The number of aromatic nitrogens is 2. The molecule has 0 atom stereocenters. The van der Waals surface area contributed by atoms with E-state index in [0.29, 0.717) is 23.0 Å². The van der Waals surface area contributed by atoms with Crippen molar-refractivity contribution in [3.05, 3.63) is 65.4 Å². The molecule has 1 aromatic carbocycles. The summed E-state index contributed by atoms with van der Waals surface area (Å²) in [5.41, 5.74) is 2.54. The van der Waals surface area contributed by atoms with Gasteiger partial charge in [0.05, 0.1) is 0 Å². The van der Waals surface area contributed by atoms with Gasteiger partial charge in [-0.3, -0.25) is 15.1 Å². The molecule has 1 N–H and O–H groups in total. The van der Waals surface area contributed by atoms with Crippen molar-refractivity contribution in [3.63, 3.8) is 0 Å². The van der Waals surface area contributed by atoms with E-state index >= 15 is 0 Å². The molecule has 0 unspecified atom stereocenters. The van der Waals surface area contributed by atoms with Crippen molar-refractivity contribution in [2.75, 3.05) is 16.8 Å². The van der Waals surface area contributed by atoms with Crippen LogP contribution >= 0.6 is 23.4 Å². The van der Waals surface area contributed by atoms with Crippen LogP contribution in [0.5, 0.6) is 0 Å². The predicted molar refractivity (Wildman–Crippen MR) is 105 cm³/mol. The molecule has 0 aliphatic heterocycles. The van der Waals surface area contributed by atoms with Gasteiger partial charge in [-0.25, -0.2) is 0 Å². The summed E-state index contributed by atoms with van der Waals surface area (Å²) < 4.78 is 5.17. The topological polar surface area (TPSA) is 68.0 Å². The van der Waals surface area contributed by atoms with Crippen LogP contribution < -0.4 is 5.32 Å². The van der Waals surface area contributed by atoms with E-state index in [-0.39, 0.29) is 5.91 Å². The monoisotopic (exact) mass is 387 g/mol. The highest BCUT2D eigenvalue weighted by Gasteiger charge is 2.10. The summed E-state index contributed by atoms with van der Waals surface area (Å²) in [4.78, 5) is 16.3. The molecule has 5 nitrogen and oxygen atoms in total. The number of amides is 1. The lowest BCUT2D eigenvalue weighted by atomic mass is 10.1. The van der Waals surface area contributed by atoms with Gasteiger partial charge >= 0.3 is 0 Å². The molecule has 3 rings (SSSR count). The van der Waals surface area contributed by atoms with Crippen molar-refractivity contribution < 1.29 is 9.32 Å². The summed E-state index contributed by atoms with van der Waals surface area (Å²) >= 11 is 7.70. The van der Waals surface area contributed by atoms with Crippen molar-refractivity contribution in [3.8, 4) is 11.3 Å². The Morgan fingerprint density at radius 2 is 2.08 bits per heavy atom. The zero-order valence-corrected chi connectivity index (χ0v) is 15.6. The number of thioether (sulfide) groups is 1. The molecule has 3 aromatic rings. The van der Waals surface area contributed by atoms with E-state index in [9.17, 15) is 4.79 Å². The van der Waals surface area contributed by atoms with Gasteiger partial charge in [-0.2, -0.15) is 11.8 Å². The number of carbonyl (C=O) groups is 1. The van der Waals surface area contributed by atoms with E-state index in [0.717, 1.165) is 29.2 Å². The number of aryl methyl sites for hydroxylation is 1. The quantitative estimate of drug-likeness (QED) is 0.567. The Balaban J connectivity index is 1.40. The van der Waals surface area contributed by atoms with Gasteiger partial charge in [0.15, 0.2) is 0 Å². The van der Waals surface area contributed by atoms with E-state index in [1.165, 1.54) is 0 Å². The summed E-state index contributed by atoms with van der Waals surface area (Å²) in [6.45, 7) is 0. The van der Waals surface area contributed by atoms with Crippen molar-refractivity contribution in [2.45, 2.75) is 12.8 Å². The number of rotatable bonds is 8. The Morgan fingerprint density at radius 1 is 1.15 bits per heavy atom. The largest absolute Gasteiger partial charge is 0.338 e. The van der Waals surface area contributed by atoms with E-state index in [1.807, 2.05) is 30.3 Å². The fourth-order valence-electron chi connectivity index (χ4n) is 2.31. The maximum atomic E-state index is 12.0. The number of anilines is 1. The highest BCUT2D eigenvalue weighted by atomic mass is 35.5. The third-order valence-electron chi connectivity index (χ3n) is 3.60. The van der Waals surface area contributed by atoms with Gasteiger partial charge < -0.3 is 4.52 Å². The first kappa shape index (κ1) is 18.5. The lowest BCUT2D eigenvalue weighted by Gasteiger charge is -2.02. The molecule has 2 aromatic heterocycles. The minimum absolute atomic E-state index is 0.0934. The first-order valence-corrected chi connectivity index (χ1v) is 9.74. The van der Waals surface area contributed by atoms with E-state index < -0.39 is 0 Å². The maximum absolute atomic E-state index is 12.0.